The largest absolute Gasteiger partial charge is 0.357 e. The van der Waals surface area contributed by atoms with E-state index in [2.05, 4.69) is 52.9 Å². The average molecular weight is 426 g/mol. The number of thioether (sulfide) groups is 1. The van der Waals surface area contributed by atoms with Gasteiger partial charge in [-0.05, 0) is 34.0 Å². The summed E-state index contributed by atoms with van der Waals surface area (Å²) >= 11 is 1.84. The van der Waals surface area contributed by atoms with Crippen molar-refractivity contribution in [1.82, 2.24) is 25.4 Å². The fraction of sp³-hybridized carbons (Fsp3) is 0.769. The van der Waals surface area contributed by atoms with Crippen LogP contribution in [0, 0.1) is 6.92 Å². The molecule has 0 amide bonds. The van der Waals surface area contributed by atoms with Gasteiger partial charge in [0.15, 0.2) is 11.8 Å². The van der Waals surface area contributed by atoms with E-state index in [-0.39, 0.29) is 28.7 Å². The summed E-state index contributed by atoms with van der Waals surface area (Å²) in [7, 11) is 1.96. The number of nitrogens with zero attached hydrogens (tertiary/aromatic N) is 4. The minimum Gasteiger partial charge on any atom is -0.357 e. The lowest BCUT2D eigenvalue weighted by molar-refractivity contribution is 0.662. The zero-order valence-electron chi connectivity index (χ0n) is 13.7. The number of halogens is 1. The highest BCUT2D eigenvalue weighted by Gasteiger charge is 2.16. The highest BCUT2D eigenvalue weighted by Crippen LogP contribution is 2.19. The molecule has 1 heterocycles. The molecule has 2 N–H and O–H groups in total. The third-order valence-corrected chi connectivity index (χ3v) is 4.39. The second-order valence-electron chi connectivity index (χ2n) is 5.23. The molecule has 0 atom stereocenters. The maximum Gasteiger partial charge on any atom is 0.191 e. The number of rotatable bonds is 6. The monoisotopic (exact) mass is 426 g/mol. The van der Waals surface area contributed by atoms with Crippen molar-refractivity contribution < 1.29 is 0 Å². The van der Waals surface area contributed by atoms with Gasteiger partial charge in [-0.1, -0.05) is 0 Å². The van der Waals surface area contributed by atoms with Crippen LogP contribution in [0.2, 0.25) is 0 Å². The van der Waals surface area contributed by atoms with Gasteiger partial charge in [0, 0.05) is 24.9 Å². The molecular weight excluding hydrogens is 399 g/mol. The number of aromatic nitrogens is 3. The quantitative estimate of drug-likeness (QED) is 0.414. The normalized spacial score (nSPS) is 12.0. The van der Waals surface area contributed by atoms with Gasteiger partial charge in [-0.3, -0.25) is 0 Å². The van der Waals surface area contributed by atoms with Gasteiger partial charge in [0.25, 0.3) is 0 Å². The molecule has 1 aromatic rings. The van der Waals surface area contributed by atoms with Gasteiger partial charge >= 0.3 is 0 Å². The standard InChI is InChI=1S/C13H26N6S.HI/c1-7-14-12(16-9-13(3,4)20-6)15-8-11-18-17-10(2)19(11)5;/h7-9H2,1-6H3,(H2,14,15,16);1H. The minimum absolute atomic E-state index is 0. The molecular formula is C13H27IN6S. The van der Waals surface area contributed by atoms with E-state index in [0.29, 0.717) is 6.54 Å². The summed E-state index contributed by atoms with van der Waals surface area (Å²) in [5.41, 5.74) is 0. The van der Waals surface area contributed by atoms with Crippen LogP contribution in [0.25, 0.3) is 0 Å². The maximum absolute atomic E-state index is 4.56. The zero-order valence-corrected chi connectivity index (χ0v) is 16.9. The van der Waals surface area contributed by atoms with Crippen molar-refractivity contribution in [2.45, 2.75) is 39.0 Å². The molecule has 0 aromatic carbocycles. The number of hydrogen-bond donors (Lipinski definition) is 2. The Morgan fingerprint density at radius 3 is 2.48 bits per heavy atom. The molecule has 0 aliphatic carbocycles. The van der Waals surface area contributed by atoms with Crippen LogP contribution in [0.1, 0.15) is 32.4 Å². The summed E-state index contributed by atoms with van der Waals surface area (Å²) in [4.78, 5) is 4.56. The first-order chi connectivity index (χ1) is 9.39. The summed E-state index contributed by atoms with van der Waals surface area (Å²) in [5, 5.41) is 14.8. The number of hydrogen-bond acceptors (Lipinski definition) is 4. The molecule has 0 saturated heterocycles. The van der Waals surface area contributed by atoms with E-state index in [4.69, 9.17) is 0 Å². The summed E-state index contributed by atoms with van der Waals surface area (Å²) in [6, 6.07) is 0. The van der Waals surface area contributed by atoms with Crippen LogP contribution < -0.4 is 10.6 Å². The molecule has 0 saturated carbocycles. The molecule has 21 heavy (non-hydrogen) atoms. The fourth-order valence-electron chi connectivity index (χ4n) is 1.45. The van der Waals surface area contributed by atoms with Crippen LogP contribution in [0.5, 0.6) is 0 Å². The third kappa shape index (κ3) is 6.86. The molecule has 0 radical (unpaired) electrons. The molecule has 1 aromatic heterocycles. The Hall–Kier alpha value is -0.510. The van der Waals surface area contributed by atoms with Crippen molar-refractivity contribution in [2.24, 2.45) is 12.0 Å². The van der Waals surface area contributed by atoms with Crippen LogP contribution in [-0.2, 0) is 13.6 Å². The van der Waals surface area contributed by atoms with E-state index in [1.54, 1.807) is 0 Å². The van der Waals surface area contributed by atoms with Crippen molar-refractivity contribution in [2.75, 3.05) is 19.3 Å². The third-order valence-electron chi connectivity index (χ3n) is 3.14. The average Bonchev–Trinajstić information content (AvgIpc) is 2.73. The van der Waals surface area contributed by atoms with E-state index >= 15 is 0 Å². The Bertz CT molecular complexity index is 458. The molecule has 6 nitrogen and oxygen atoms in total. The van der Waals surface area contributed by atoms with Gasteiger partial charge in [-0.2, -0.15) is 11.8 Å². The SMILES string of the molecule is CCNC(=NCc1nnc(C)n1C)NCC(C)(C)SC.I. The number of nitrogens with one attached hydrogen (secondary N) is 2. The highest BCUT2D eigenvalue weighted by molar-refractivity contribution is 14.0. The van der Waals surface area contributed by atoms with Crippen molar-refractivity contribution in [3.63, 3.8) is 0 Å². The van der Waals surface area contributed by atoms with E-state index in [9.17, 15) is 0 Å². The molecule has 0 aliphatic rings. The van der Waals surface area contributed by atoms with E-state index in [1.165, 1.54) is 0 Å². The van der Waals surface area contributed by atoms with Crippen LogP contribution in [0.4, 0.5) is 0 Å². The van der Waals surface area contributed by atoms with Gasteiger partial charge in [0.1, 0.15) is 12.4 Å². The Balaban J connectivity index is 0.00000400. The molecule has 1 rings (SSSR count). The van der Waals surface area contributed by atoms with E-state index < -0.39 is 0 Å². The molecule has 0 bridgehead atoms. The Morgan fingerprint density at radius 1 is 1.33 bits per heavy atom. The smallest absolute Gasteiger partial charge is 0.191 e. The van der Waals surface area contributed by atoms with Gasteiger partial charge in [0.05, 0.1) is 0 Å². The van der Waals surface area contributed by atoms with Crippen molar-refractivity contribution >= 4 is 41.7 Å². The predicted octanol–water partition coefficient (Wildman–Crippen LogP) is 1.94. The van der Waals surface area contributed by atoms with Crippen molar-refractivity contribution in [3.05, 3.63) is 11.6 Å². The second-order valence-corrected chi connectivity index (χ2v) is 6.75. The first-order valence-corrected chi connectivity index (χ1v) is 8.04. The van der Waals surface area contributed by atoms with Gasteiger partial charge in [-0.25, -0.2) is 4.99 Å². The first-order valence-electron chi connectivity index (χ1n) is 6.82. The second kappa shape index (κ2) is 9.50. The summed E-state index contributed by atoms with van der Waals surface area (Å²) in [6.07, 6.45) is 2.12. The van der Waals surface area contributed by atoms with Gasteiger partial charge in [-0.15, -0.1) is 34.2 Å². The van der Waals surface area contributed by atoms with Crippen LogP contribution in [0.15, 0.2) is 4.99 Å². The highest BCUT2D eigenvalue weighted by atomic mass is 127. The van der Waals surface area contributed by atoms with Crippen LogP contribution in [-0.4, -0.2) is 44.8 Å². The number of aryl methyl sites for hydroxylation is 1. The number of guanidine groups is 1. The predicted molar refractivity (Wildman–Crippen MR) is 102 cm³/mol. The maximum atomic E-state index is 4.56. The molecule has 0 unspecified atom stereocenters. The van der Waals surface area contributed by atoms with Crippen molar-refractivity contribution in [1.29, 1.82) is 0 Å². The van der Waals surface area contributed by atoms with Crippen molar-refractivity contribution in [3.8, 4) is 0 Å². The molecule has 0 spiro atoms. The Kier molecular flexibility index (Phi) is 9.26. The van der Waals surface area contributed by atoms with Crippen LogP contribution >= 0.6 is 35.7 Å². The Morgan fingerprint density at radius 2 is 2.00 bits per heavy atom. The topological polar surface area (TPSA) is 67.1 Å². The molecule has 0 aliphatic heterocycles. The number of aliphatic imine (C=N–C) groups is 1. The summed E-state index contributed by atoms with van der Waals surface area (Å²) < 4.78 is 2.14. The summed E-state index contributed by atoms with van der Waals surface area (Å²) in [6.45, 7) is 10.6. The minimum atomic E-state index is 0. The van der Waals surface area contributed by atoms with E-state index in [1.807, 2.05) is 30.3 Å². The zero-order chi connectivity index (χ0) is 15.2. The molecule has 8 heteroatoms. The van der Waals surface area contributed by atoms with Gasteiger partial charge < -0.3 is 15.2 Å². The van der Waals surface area contributed by atoms with Gasteiger partial charge in [0.2, 0.25) is 0 Å². The molecule has 0 fully saturated rings. The summed E-state index contributed by atoms with van der Waals surface area (Å²) in [5.74, 6) is 2.58. The van der Waals surface area contributed by atoms with E-state index in [0.717, 1.165) is 30.7 Å². The lowest BCUT2D eigenvalue weighted by Crippen LogP contribution is -2.43. The first kappa shape index (κ1) is 20.5. The lowest BCUT2D eigenvalue weighted by atomic mass is 10.2. The lowest BCUT2D eigenvalue weighted by Gasteiger charge is -2.23. The Labute approximate surface area is 149 Å². The molecule has 122 valence electrons. The van der Waals surface area contributed by atoms with Crippen LogP contribution in [0.3, 0.4) is 0 Å². The fourth-order valence-corrected chi connectivity index (χ4v) is 1.67.